The van der Waals surface area contributed by atoms with Crippen molar-refractivity contribution in [1.29, 1.82) is 0 Å². The Morgan fingerprint density at radius 2 is 1.24 bits per heavy atom. The number of rotatable bonds is 9. The zero-order chi connectivity index (χ0) is 15.9. The Hall–Kier alpha value is -0.203. The van der Waals surface area contributed by atoms with Gasteiger partial charge in [-0.25, -0.2) is 0 Å². The highest BCUT2D eigenvalue weighted by molar-refractivity contribution is 9.09. The second-order valence-electron chi connectivity index (χ2n) is 4.91. The maximum atomic E-state index is 5.99. The first-order valence-corrected chi connectivity index (χ1v) is 10.4. The average Bonchev–Trinajstić information content (AvgIpc) is 2.47. The summed E-state index contributed by atoms with van der Waals surface area (Å²) >= 11 is 3.59. The molecular weight excluding hydrogens is 348 g/mol. The minimum absolute atomic E-state index is 0.122. The lowest BCUT2D eigenvalue weighted by atomic mass is 10.1. The van der Waals surface area contributed by atoms with Crippen molar-refractivity contribution in [3.05, 3.63) is 35.4 Å². The molecule has 0 bridgehead atoms. The molecule has 0 fully saturated rings. The number of benzene rings is 1. The molecular formula is C16H27BrO3Si. The van der Waals surface area contributed by atoms with Crippen LogP contribution < -0.4 is 0 Å². The molecule has 0 N–H and O–H groups in total. The maximum absolute atomic E-state index is 5.99. The van der Waals surface area contributed by atoms with E-state index in [4.69, 9.17) is 13.3 Å². The fraction of sp³-hybridized carbons (Fsp3) is 0.625. The van der Waals surface area contributed by atoms with Crippen LogP contribution in [0.2, 0.25) is 0 Å². The molecule has 2 unspecified atom stereocenters. The summed E-state index contributed by atoms with van der Waals surface area (Å²) in [6.45, 7) is 12.0. The topological polar surface area (TPSA) is 27.7 Å². The van der Waals surface area contributed by atoms with Gasteiger partial charge < -0.3 is 13.3 Å². The van der Waals surface area contributed by atoms with Crippen molar-refractivity contribution in [2.24, 2.45) is 0 Å². The van der Waals surface area contributed by atoms with Crippen LogP contribution >= 0.6 is 15.9 Å². The SMILES string of the molecule is CCO[Si](OCC)(OCC)C(C)c1ccc(C(C)Br)cc1. The second kappa shape index (κ2) is 9.05. The summed E-state index contributed by atoms with van der Waals surface area (Å²) in [4.78, 5) is 0.356. The van der Waals surface area contributed by atoms with Crippen molar-refractivity contribution in [3.8, 4) is 0 Å². The Kier molecular flexibility index (Phi) is 8.12. The van der Waals surface area contributed by atoms with Gasteiger partial charge in [0.15, 0.2) is 0 Å². The first-order chi connectivity index (χ1) is 10.0. The van der Waals surface area contributed by atoms with E-state index < -0.39 is 8.80 Å². The summed E-state index contributed by atoms with van der Waals surface area (Å²) in [7, 11) is -2.70. The Balaban J connectivity index is 3.04. The van der Waals surface area contributed by atoms with E-state index in [0.29, 0.717) is 24.6 Å². The van der Waals surface area contributed by atoms with Crippen molar-refractivity contribution in [2.75, 3.05) is 19.8 Å². The van der Waals surface area contributed by atoms with Crippen molar-refractivity contribution in [3.63, 3.8) is 0 Å². The van der Waals surface area contributed by atoms with Crippen molar-refractivity contribution in [1.82, 2.24) is 0 Å². The van der Waals surface area contributed by atoms with Crippen molar-refractivity contribution in [2.45, 2.75) is 45.0 Å². The van der Waals surface area contributed by atoms with E-state index in [9.17, 15) is 0 Å². The Bertz CT molecular complexity index is 391. The van der Waals surface area contributed by atoms with Crippen LogP contribution in [0.3, 0.4) is 0 Å². The predicted molar refractivity (Wildman–Crippen MR) is 92.8 cm³/mol. The van der Waals surface area contributed by atoms with Gasteiger partial charge in [-0.3, -0.25) is 0 Å². The highest BCUT2D eigenvalue weighted by Gasteiger charge is 2.47. The molecule has 0 aliphatic carbocycles. The second-order valence-corrected chi connectivity index (χ2v) is 9.22. The molecule has 0 aliphatic rings. The quantitative estimate of drug-likeness (QED) is 0.457. The monoisotopic (exact) mass is 374 g/mol. The van der Waals surface area contributed by atoms with E-state index in [0.717, 1.165) is 0 Å². The highest BCUT2D eigenvalue weighted by Crippen LogP contribution is 2.31. The summed E-state index contributed by atoms with van der Waals surface area (Å²) in [5.74, 6) is 0. The third-order valence-corrected chi connectivity index (χ3v) is 7.46. The third kappa shape index (κ3) is 4.89. The Morgan fingerprint density at radius 3 is 1.57 bits per heavy atom. The van der Waals surface area contributed by atoms with Crippen LogP contribution in [0.5, 0.6) is 0 Å². The molecule has 21 heavy (non-hydrogen) atoms. The van der Waals surface area contributed by atoms with Gasteiger partial charge in [0.1, 0.15) is 0 Å². The average molecular weight is 375 g/mol. The molecule has 5 heteroatoms. The molecule has 120 valence electrons. The fourth-order valence-corrected chi connectivity index (χ4v) is 5.47. The van der Waals surface area contributed by atoms with Gasteiger partial charge in [-0.1, -0.05) is 47.1 Å². The summed E-state index contributed by atoms with van der Waals surface area (Å²) in [5.41, 5.74) is 2.59. The summed E-state index contributed by atoms with van der Waals surface area (Å²) in [5, 5.41) is 0. The number of hydrogen-bond acceptors (Lipinski definition) is 3. The lowest BCUT2D eigenvalue weighted by molar-refractivity contribution is 0.0633. The van der Waals surface area contributed by atoms with Crippen LogP contribution in [0.15, 0.2) is 24.3 Å². The molecule has 2 atom stereocenters. The number of hydrogen-bond donors (Lipinski definition) is 0. The molecule has 3 nitrogen and oxygen atoms in total. The van der Waals surface area contributed by atoms with Gasteiger partial charge in [-0.05, 0) is 38.8 Å². The molecule has 0 aliphatic heterocycles. The van der Waals surface area contributed by atoms with Gasteiger partial charge in [-0.15, -0.1) is 0 Å². The summed E-state index contributed by atoms with van der Waals surface area (Å²) < 4.78 is 18.0. The van der Waals surface area contributed by atoms with Gasteiger partial charge in [0.2, 0.25) is 0 Å². The summed E-state index contributed by atoms with van der Waals surface area (Å²) in [6, 6.07) is 8.59. The van der Waals surface area contributed by atoms with Gasteiger partial charge in [0.05, 0.1) is 5.54 Å². The van der Waals surface area contributed by atoms with E-state index in [-0.39, 0.29) is 5.54 Å². The van der Waals surface area contributed by atoms with E-state index in [1.54, 1.807) is 0 Å². The normalized spacial score (nSPS) is 15.0. The first-order valence-electron chi connectivity index (χ1n) is 7.66. The molecule has 1 rings (SSSR count). The molecule has 0 saturated heterocycles. The minimum Gasteiger partial charge on any atom is -0.373 e. The minimum atomic E-state index is -2.70. The Labute approximate surface area is 138 Å². The highest BCUT2D eigenvalue weighted by atomic mass is 79.9. The van der Waals surface area contributed by atoms with Crippen molar-refractivity contribution >= 4 is 24.7 Å². The zero-order valence-electron chi connectivity index (χ0n) is 13.7. The smallest absolute Gasteiger partial charge is 0.373 e. The van der Waals surface area contributed by atoms with Crippen molar-refractivity contribution < 1.29 is 13.3 Å². The lowest BCUT2D eigenvalue weighted by Crippen LogP contribution is -2.51. The fourth-order valence-electron chi connectivity index (χ4n) is 2.36. The van der Waals surface area contributed by atoms with E-state index in [1.807, 2.05) is 20.8 Å². The van der Waals surface area contributed by atoms with E-state index >= 15 is 0 Å². The molecule has 0 radical (unpaired) electrons. The van der Waals surface area contributed by atoms with Gasteiger partial charge >= 0.3 is 8.80 Å². The molecule has 0 spiro atoms. The van der Waals surface area contributed by atoms with E-state index in [2.05, 4.69) is 54.0 Å². The summed E-state index contributed by atoms with van der Waals surface area (Å²) in [6.07, 6.45) is 0. The molecule has 0 saturated carbocycles. The first kappa shape index (κ1) is 18.8. The van der Waals surface area contributed by atoms with Crippen LogP contribution in [-0.4, -0.2) is 28.6 Å². The predicted octanol–water partition coefficient (Wildman–Crippen LogP) is 4.83. The lowest BCUT2D eigenvalue weighted by Gasteiger charge is -2.33. The van der Waals surface area contributed by atoms with Crippen LogP contribution in [0, 0.1) is 0 Å². The van der Waals surface area contributed by atoms with Gasteiger partial charge in [0.25, 0.3) is 0 Å². The third-order valence-electron chi connectivity index (χ3n) is 3.46. The molecule has 0 heterocycles. The standard InChI is InChI=1S/C16H27BrO3Si/c1-6-18-21(19-7-2,20-8-3)14(5)16-11-9-15(10-12-16)13(4)17/h9-14H,6-8H2,1-5H3. The van der Waals surface area contributed by atoms with Gasteiger partial charge in [-0.2, -0.15) is 0 Å². The van der Waals surface area contributed by atoms with Gasteiger partial charge in [0, 0.05) is 24.6 Å². The molecule has 1 aromatic rings. The molecule has 0 aromatic heterocycles. The van der Waals surface area contributed by atoms with E-state index in [1.165, 1.54) is 11.1 Å². The number of alkyl halides is 1. The van der Waals surface area contributed by atoms with Crippen LogP contribution in [0.25, 0.3) is 0 Å². The number of halogens is 1. The zero-order valence-corrected chi connectivity index (χ0v) is 16.3. The Morgan fingerprint density at radius 1 is 0.857 bits per heavy atom. The van der Waals surface area contributed by atoms with Crippen LogP contribution in [0.4, 0.5) is 0 Å². The maximum Gasteiger partial charge on any atom is 0.508 e. The van der Waals surface area contributed by atoms with Crippen LogP contribution in [0.1, 0.15) is 56.1 Å². The largest absolute Gasteiger partial charge is 0.508 e. The molecule has 1 aromatic carbocycles. The molecule has 0 amide bonds. The van der Waals surface area contributed by atoms with Crippen LogP contribution in [-0.2, 0) is 13.3 Å².